The monoisotopic (exact) mass is 596 g/mol. The lowest BCUT2D eigenvalue weighted by atomic mass is 10.0. The second kappa shape index (κ2) is 33.0. The minimum atomic E-state index is -1.12. The maximum atomic E-state index is 12.3. The lowest BCUT2D eigenvalue weighted by molar-refractivity contribution is -0.131. The summed E-state index contributed by atoms with van der Waals surface area (Å²) in [5, 5.41) is 32.9. The molecule has 1 amide bonds. The zero-order chi connectivity index (χ0) is 30.9. The number of carbonyl (C=O) groups is 1. The molecule has 3 unspecified atom stereocenters. The average molecular weight is 596 g/mol. The van der Waals surface area contributed by atoms with Gasteiger partial charge in [-0.15, -0.1) is 0 Å². The van der Waals surface area contributed by atoms with Crippen molar-refractivity contribution in [2.24, 2.45) is 0 Å². The SMILES string of the molecule is CCCCCC/C=C\CCC(O)C(=O)NC(CO)C(O)CCCCCCCCCCCCCCCCCCCCCC. The number of nitrogens with one attached hydrogen (secondary N) is 1. The maximum absolute atomic E-state index is 12.3. The molecule has 0 heterocycles. The van der Waals surface area contributed by atoms with Crippen molar-refractivity contribution >= 4 is 5.91 Å². The van der Waals surface area contributed by atoms with E-state index in [0.29, 0.717) is 19.3 Å². The smallest absolute Gasteiger partial charge is 0.249 e. The second-order valence-corrected chi connectivity index (χ2v) is 12.8. The summed E-state index contributed by atoms with van der Waals surface area (Å²) in [6, 6.07) is -0.721. The lowest BCUT2D eigenvalue weighted by Gasteiger charge is -2.23. The fourth-order valence-corrected chi connectivity index (χ4v) is 5.66. The Kier molecular flexibility index (Phi) is 32.3. The number of carbonyl (C=O) groups excluding carboxylic acids is 1. The summed E-state index contributed by atoms with van der Waals surface area (Å²) in [7, 11) is 0. The van der Waals surface area contributed by atoms with Gasteiger partial charge in [-0.2, -0.15) is 0 Å². The van der Waals surface area contributed by atoms with Crippen LogP contribution in [0.15, 0.2) is 12.2 Å². The summed E-state index contributed by atoms with van der Waals surface area (Å²) >= 11 is 0. The van der Waals surface area contributed by atoms with Crippen LogP contribution in [0, 0.1) is 0 Å². The van der Waals surface area contributed by atoms with Crippen LogP contribution in [0.25, 0.3) is 0 Å². The topological polar surface area (TPSA) is 89.8 Å². The molecule has 250 valence electrons. The van der Waals surface area contributed by atoms with Gasteiger partial charge in [0.2, 0.25) is 5.91 Å². The Hall–Kier alpha value is -0.910. The molecule has 0 aliphatic rings. The van der Waals surface area contributed by atoms with Crippen molar-refractivity contribution in [3.05, 3.63) is 12.2 Å². The summed E-state index contributed by atoms with van der Waals surface area (Å²) in [5.41, 5.74) is 0. The van der Waals surface area contributed by atoms with Crippen molar-refractivity contribution in [1.82, 2.24) is 5.32 Å². The van der Waals surface area contributed by atoms with E-state index in [2.05, 4.69) is 25.2 Å². The molecule has 5 nitrogen and oxygen atoms in total. The molecule has 0 aliphatic carbocycles. The Morgan fingerprint density at radius 2 is 0.929 bits per heavy atom. The van der Waals surface area contributed by atoms with E-state index in [1.54, 1.807) is 0 Å². The number of aliphatic hydroxyl groups is 3. The van der Waals surface area contributed by atoms with E-state index >= 15 is 0 Å². The Morgan fingerprint density at radius 3 is 1.36 bits per heavy atom. The van der Waals surface area contributed by atoms with E-state index in [0.717, 1.165) is 19.3 Å². The second-order valence-electron chi connectivity index (χ2n) is 12.8. The van der Waals surface area contributed by atoms with Gasteiger partial charge in [0.05, 0.1) is 18.8 Å². The van der Waals surface area contributed by atoms with Gasteiger partial charge in [-0.1, -0.05) is 174 Å². The molecule has 0 saturated heterocycles. The predicted octanol–water partition coefficient (Wildman–Crippen LogP) is 9.70. The summed E-state index contributed by atoms with van der Waals surface area (Å²) in [5.74, 6) is -0.507. The number of unbranched alkanes of at least 4 members (excludes halogenated alkanes) is 23. The number of rotatable bonds is 33. The molecule has 0 rings (SSSR count). The Morgan fingerprint density at radius 1 is 0.548 bits per heavy atom. The molecule has 0 spiro atoms. The van der Waals surface area contributed by atoms with Crippen LogP contribution in [0.2, 0.25) is 0 Å². The van der Waals surface area contributed by atoms with Crippen LogP contribution in [-0.4, -0.2) is 46.1 Å². The van der Waals surface area contributed by atoms with Crippen LogP contribution in [0.5, 0.6) is 0 Å². The minimum absolute atomic E-state index is 0.323. The molecular formula is C37H73NO4. The molecule has 42 heavy (non-hydrogen) atoms. The van der Waals surface area contributed by atoms with Crippen molar-refractivity contribution in [3.63, 3.8) is 0 Å². The molecule has 0 bridgehead atoms. The number of amides is 1. The van der Waals surface area contributed by atoms with Crippen LogP contribution in [0.3, 0.4) is 0 Å². The highest BCUT2D eigenvalue weighted by Crippen LogP contribution is 2.16. The third-order valence-electron chi connectivity index (χ3n) is 8.64. The van der Waals surface area contributed by atoms with Crippen molar-refractivity contribution in [2.45, 2.75) is 212 Å². The Balaban J connectivity index is 3.61. The van der Waals surface area contributed by atoms with E-state index in [9.17, 15) is 20.1 Å². The molecular weight excluding hydrogens is 522 g/mol. The molecule has 0 saturated carbocycles. The van der Waals surface area contributed by atoms with E-state index < -0.39 is 24.2 Å². The fraction of sp³-hybridized carbons (Fsp3) is 0.919. The van der Waals surface area contributed by atoms with Crippen molar-refractivity contribution in [2.75, 3.05) is 6.61 Å². The average Bonchev–Trinajstić information content (AvgIpc) is 2.99. The largest absolute Gasteiger partial charge is 0.394 e. The van der Waals surface area contributed by atoms with Gasteiger partial charge in [-0.25, -0.2) is 0 Å². The van der Waals surface area contributed by atoms with Gasteiger partial charge in [0.15, 0.2) is 0 Å². The quantitative estimate of drug-likeness (QED) is 0.0449. The van der Waals surface area contributed by atoms with Gasteiger partial charge in [-0.05, 0) is 32.1 Å². The fourth-order valence-electron chi connectivity index (χ4n) is 5.66. The van der Waals surface area contributed by atoms with Gasteiger partial charge >= 0.3 is 0 Å². The molecule has 3 atom stereocenters. The first-order chi connectivity index (χ1) is 20.6. The summed E-state index contributed by atoms with van der Waals surface area (Å²) in [6.45, 7) is 4.16. The van der Waals surface area contributed by atoms with Crippen LogP contribution in [0.4, 0.5) is 0 Å². The first-order valence-corrected chi connectivity index (χ1v) is 18.5. The number of hydrogen-bond donors (Lipinski definition) is 4. The molecule has 0 aromatic heterocycles. The zero-order valence-corrected chi connectivity index (χ0v) is 28.1. The zero-order valence-electron chi connectivity index (χ0n) is 28.1. The van der Waals surface area contributed by atoms with Crippen molar-refractivity contribution in [3.8, 4) is 0 Å². The van der Waals surface area contributed by atoms with E-state index in [4.69, 9.17) is 0 Å². The third kappa shape index (κ3) is 27.9. The van der Waals surface area contributed by atoms with Crippen molar-refractivity contribution in [1.29, 1.82) is 0 Å². The number of aliphatic hydroxyl groups excluding tert-OH is 3. The molecule has 0 aromatic rings. The highest BCUT2D eigenvalue weighted by atomic mass is 16.3. The van der Waals surface area contributed by atoms with Gasteiger partial charge < -0.3 is 20.6 Å². The van der Waals surface area contributed by atoms with E-state index in [-0.39, 0.29) is 6.61 Å². The highest BCUT2D eigenvalue weighted by Gasteiger charge is 2.23. The molecule has 0 fully saturated rings. The van der Waals surface area contributed by atoms with Gasteiger partial charge in [0.25, 0.3) is 0 Å². The Labute approximate surface area is 261 Å². The molecule has 0 radical (unpaired) electrons. The third-order valence-corrected chi connectivity index (χ3v) is 8.64. The molecule has 0 aliphatic heterocycles. The number of allylic oxidation sites excluding steroid dienone is 2. The van der Waals surface area contributed by atoms with Gasteiger partial charge in [-0.3, -0.25) is 4.79 Å². The van der Waals surface area contributed by atoms with Crippen LogP contribution < -0.4 is 5.32 Å². The first kappa shape index (κ1) is 41.1. The molecule has 0 aromatic carbocycles. The van der Waals surface area contributed by atoms with Crippen molar-refractivity contribution < 1.29 is 20.1 Å². The van der Waals surface area contributed by atoms with E-state index in [1.165, 1.54) is 141 Å². The van der Waals surface area contributed by atoms with Crippen LogP contribution in [0.1, 0.15) is 194 Å². The standard InChI is InChI=1S/C37H73NO4/c1-3-5-7-9-11-13-14-15-16-17-18-19-20-21-22-23-24-26-27-29-31-35(40)34(33-39)38-37(42)36(41)32-30-28-25-12-10-8-6-4-2/h25,28,34-36,39-41H,3-24,26-27,29-33H2,1-2H3,(H,38,42)/b28-25-. The van der Waals surface area contributed by atoms with Gasteiger partial charge in [0.1, 0.15) is 6.10 Å². The van der Waals surface area contributed by atoms with E-state index in [1.807, 2.05) is 6.08 Å². The highest BCUT2D eigenvalue weighted by molar-refractivity contribution is 5.80. The predicted molar refractivity (Wildman–Crippen MR) is 181 cm³/mol. The van der Waals surface area contributed by atoms with Crippen LogP contribution in [-0.2, 0) is 4.79 Å². The van der Waals surface area contributed by atoms with Crippen LogP contribution >= 0.6 is 0 Å². The number of hydrogen-bond acceptors (Lipinski definition) is 4. The van der Waals surface area contributed by atoms with Gasteiger partial charge in [0, 0.05) is 0 Å². The molecule has 5 heteroatoms. The first-order valence-electron chi connectivity index (χ1n) is 18.5. The summed E-state index contributed by atoms with van der Waals surface area (Å²) in [6.07, 6.45) is 36.5. The molecule has 4 N–H and O–H groups in total. The Bertz CT molecular complexity index is 582. The maximum Gasteiger partial charge on any atom is 0.249 e. The lowest BCUT2D eigenvalue weighted by Crippen LogP contribution is -2.49. The summed E-state index contributed by atoms with van der Waals surface area (Å²) in [4.78, 5) is 12.3. The summed E-state index contributed by atoms with van der Waals surface area (Å²) < 4.78 is 0. The minimum Gasteiger partial charge on any atom is -0.394 e. The normalized spacial score (nSPS) is 13.9.